The fraction of sp³-hybridized carbons (Fsp3) is 0.273. The van der Waals surface area contributed by atoms with Gasteiger partial charge in [-0.05, 0) is 18.9 Å². The molecule has 1 fully saturated rings. The van der Waals surface area contributed by atoms with Crippen LogP contribution in [0.3, 0.4) is 0 Å². The standard InChI is InChI=1S/C11H8FNO3.Li/c12-11(2-3-11)8-5-7-9(16-8)6(10(14)15)1-4-13-7;/h1,4-5H,2-3H2,(H,14,15);/q;+1/p-1. The Morgan fingerprint density at radius 3 is 2.82 bits per heavy atom. The predicted molar refractivity (Wildman–Crippen MR) is 50.4 cm³/mol. The smallest absolute Gasteiger partial charge is 0.545 e. The van der Waals surface area contributed by atoms with E-state index in [9.17, 15) is 14.3 Å². The molecule has 2 heterocycles. The number of furan rings is 1. The van der Waals surface area contributed by atoms with Gasteiger partial charge in [0, 0.05) is 17.8 Å². The first-order chi connectivity index (χ1) is 7.60. The topological polar surface area (TPSA) is 66.2 Å². The SMILES string of the molecule is O=C([O-])c1ccnc2cc(C3(F)CC3)oc12.[Li+]. The predicted octanol–water partition coefficient (Wildman–Crippen LogP) is -1.85. The van der Waals surface area contributed by atoms with Crippen LogP contribution in [0.25, 0.3) is 11.1 Å². The molecule has 0 saturated heterocycles. The Hall–Kier alpha value is -1.31. The molecule has 1 aliphatic rings. The van der Waals surface area contributed by atoms with Crippen molar-refractivity contribution >= 4 is 17.1 Å². The van der Waals surface area contributed by atoms with E-state index >= 15 is 0 Å². The van der Waals surface area contributed by atoms with Crippen LogP contribution < -0.4 is 24.0 Å². The summed E-state index contributed by atoms with van der Waals surface area (Å²) in [4.78, 5) is 14.7. The van der Waals surface area contributed by atoms with Crippen molar-refractivity contribution in [3.05, 3.63) is 29.7 Å². The number of aromatic carboxylic acids is 1. The molecule has 0 bridgehead atoms. The summed E-state index contributed by atoms with van der Waals surface area (Å²) in [5.74, 6) is -1.19. The van der Waals surface area contributed by atoms with Crippen LogP contribution in [0, 0.1) is 0 Å². The molecular weight excluding hydrogens is 220 g/mol. The van der Waals surface area contributed by atoms with E-state index in [1.165, 1.54) is 18.3 Å². The summed E-state index contributed by atoms with van der Waals surface area (Å²) in [6.07, 6.45) is 2.16. The largest absolute Gasteiger partial charge is 1.00 e. The van der Waals surface area contributed by atoms with Gasteiger partial charge in [-0.3, -0.25) is 4.98 Å². The second kappa shape index (κ2) is 3.86. The van der Waals surface area contributed by atoms with Gasteiger partial charge in [0.1, 0.15) is 11.3 Å². The molecule has 0 atom stereocenters. The normalized spacial score (nSPS) is 16.5. The van der Waals surface area contributed by atoms with Crippen LogP contribution in [0.15, 0.2) is 22.7 Å². The van der Waals surface area contributed by atoms with Gasteiger partial charge in [-0.15, -0.1) is 0 Å². The van der Waals surface area contributed by atoms with Crippen LogP contribution in [0.4, 0.5) is 4.39 Å². The number of carbonyl (C=O) groups is 1. The Balaban J connectivity index is 0.00000108. The van der Waals surface area contributed by atoms with Crippen LogP contribution in [-0.4, -0.2) is 11.0 Å². The molecule has 4 nitrogen and oxygen atoms in total. The van der Waals surface area contributed by atoms with Crippen LogP contribution in [-0.2, 0) is 5.67 Å². The van der Waals surface area contributed by atoms with Crippen molar-refractivity contribution in [2.45, 2.75) is 18.5 Å². The number of fused-ring (bicyclic) bond motifs is 1. The molecule has 82 valence electrons. The Kier molecular flexibility index (Phi) is 2.76. The van der Waals surface area contributed by atoms with Crippen molar-refractivity contribution in [3.8, 4) is 0 Å². The molecule has 2 aromatic rings. The zero-order chi connectivity index (χ0) is 11.3. The molecule has 1 saturated carbocycles. The average Bonchev–Trinajstić information content (AvgIpc) is 2.85. The van der Waals surface area contributed by atoms with E-state index < -0.39 is 11.6 Å². The number of carbonyl (C=O) groups excluding carboxylic acids is 1. The Bertz CT molecular complexity index is 591. The fourth-order valence-corrected chi connectivity index (χ4v) is 1.68. The van der Waals surface area contributed by atoms with E-state index in [4.69, 9.17) is 4.42 Å². The van der Waals surface area contributed by atoms with Crippen molar-refractivity contribution in [3.63, 3.8) is 0 Å². The van der Waals surface area contributed by atoms with E-state index in [2.05, 4.69) is 4.98 Å². The minimum absolute atomic E-state index is 0. The van der Waals surface area contributed by atoms with Gasteiger partial charge in [0.05, 0.1) is 5.97 Å². The number of rotatable bonds is 2. The van der Waals surface area contributed by atoms with Crippen molar-refractivity contribution in [2.24, 2.45) is 0 Å². The molecule has 0 unspecified atom stereocenters. The number of hydrogen-bond acceptors (Lipinski definition) is 4. The Labute approximate surface area is 108 Å². The van der Waals surface area contributed by atoms with E-state index in [1.807, 2.05) is 0 Å². The minimum atomic E-state index is -1.43. The molecule has 1 aliphatic carbocycles. The summed E-state index contributed by atoms with van der Waals surface area (Å²) in [5.41, 5.74) is -1.09. The molecule has 17 heavy (non-hydrogen) atoms. The second-order valence-corrected chi connectivity index (χ2v) is 3.94. The van der Waals surface area contributed by atoms with E-state index in [0.29, 0.717) is 18.4 Å². The summed E-state index contributed by atoms with van der Waals surface area (Å²) < 4.78 is 18.9. The van der Waals surface area contributed by atoms with Crippen LogP contribution in [0.1, 0.15) is 29.0 Å². The Morgan fingerprint density at radius 2 is 2.24 bits per heavy atom. The molecule has 0 aromatic carbocycles. The number of halogens is 1. The molecule has 0 amide bonds. The molecule has 0 radical (unpaired) electrons. The molecular formula is C11H7FLiNO3. The third-order valence-electron chi connectivity index (χ3n) is 2.76. The monoisotopic (exact) mass is 227 g/mol. The van der Waals surface area contributed by atoms with Gasteiger partial charge in [0.2, 0.25) is 0 Å². The first-order valence-electron chi connectivity index (χ1n) is 4.89. The van der Waals surface area contributed by atoms with Gasteiger partial charge in [-0.25, -0.2) is 4.39 Å². The van der Waals surface area contributed by atoms with Crippen molar-refractivity contribution in [1.29, 1.82) is 0 Å². The first-order valence-corrected chi connectivity index (χ1v) is 4.89. The summed E-state index contributed by atoms with van der Waals surface area (Å²) in [6, 6.07) is 2.73. The third kappa shape index (κ3) is 1.86. The van der Waals surface area contributed by atoms with Gasteiger partial charge >= 0.3 is 18.9 Å². The average molecular weight is 227 g/mol. The van der Waals surface area contributed by atoms with E-state index in [1.54, 1.807) is 0 Å². The van der Waals surface area contributed by atoms with Crippen molar-refractivity contribution in [2.75, 3.05) is 0 Å². The summed E-state index contributed by atoms with van der Waals surface area (Å²) in [7, 11) is 0. The summed E-state index contributed by atoms with van der Waals surface area (Å²) in [5, 5.41) is 10.8. The molecule has 0 aliphatic heterocycles. The maximum atomic E-state index is 13.7. The van der Waals surface area contributed by atoms with Crippen molar-refractivity contribution in [1.82, 2.24) is 4.98 Å². The molecule has 0 N–H and O–H groups in total. The first kappa shape index (κ1) is 12.2. The van der Waals surface area contributed by atoms with Crippen molar-refractivity contribution < 1.29 is 37.6 Å². The molecule has 3 rings (SSSR count). The van der Waals surface area contributed by atoms with E-state index in [-0.39, 0.29) is 35.8 Å². The molecule has 2 aromatic heterocycles. The Morgan fingerprint density at radius 1 is 1.53 bits per heavy atom. The quantitative estimate of drug-likeness (QED) is 0.565. The zero-order valence-corrected chi connectivity index (χ0v) is 9.20. The molecule has 0 spiro atoms. The number of hydrogen-bond donors (Lipinski definition) is 0. The maximum absolute atomic E-state index is 13.7. The second-order valence-electron chi connectivity index (χ2n) is 3.94. The summed E-state index contributed by atoms with van der Waals surface area (Å²) in [6.45, 7) is 0. The van der Waals surface area contributed by atoms with Gasteiger partial charge in [0.25, 0.3) is 0 Å². The maximum Gasteiger partial charge on any atom is 1.00 e. The number of nitrogens with zero attached hydrogens (tertiary/aromatic N) is 1. The van der Waals surface area contributed by atoms with Crippen LogP contribution in [0.2, 0.25) is 0 Å². The van der Waals surface area contributed by atoms with Crippen LogP contribution in [0.5, 0.6) is 0 Å². The van der Waals surface area contributed by atoms with Gasteiger partial charge in [0.15, 0.2) is 11.3 Å². The molecule has 6 heteroatoms. The number of carboxylic acid groups (broad SMARTS) is 1. The summed E-state index contributed by atoms with van der Waals surface area (Å²) >= 11 is 0. The van der Waals surface area contributed by atoms with Crippen LogP contribution >= 0.6 is 0 Å². The number of carboxylic acids is 1. The number of aromatic nitrogens is 1. The van der Waals surface area contributed by atoms with Gasteiger partial charge in [-0.2, -0.15) is 0 Å². The third-order valence-corrected chi connectivity index (χ3v) is 2.76. The van der Waals surface area contributed by atoms with Gasteiger partial charge in [-0.1, -0.05) is 0 Å². The fourth-order valence-electron chi connectivity index (χ4n) is 1.68. The minimum Gasteiger partial charge on any atom is -0.545 e. The van der Waals surface area contributed by atoms with Gasteiger partial charge < -0.3 is 14.3 Å². The zero-order valence-electron chi connectivity index (χ0n) is 9.20. The number of alkyl halides is 1. The number of pyridine rings is 1. The van der Waals surface area contributed by atoms with E-state index in [0.717, 1.165) is 0 Å².